The molecule has 9 heteroatoms. The first-order valence-electron chi connectivity index (χ1n) is 6.89. The minimum atomic E-state index is -0.438. The highest BCUT2D eigenvalue weighted by Crippen LogP contribution is 2.34. The third-order valence-corrected chi connectivity index (χ3v) is 4.06. The maximum absolute atomic E-state index is 14.3. The third kappa shape index (κ3) is 2.94. The van der Waals surface area contributed by atoms with E-state index in [9.17, 15) is 8.28 Å². The van der Waals surface area contributed by atoms with Crippen molar-refractivity contribution in [2.75, 3.05) is 7.05 Å². The second-order valence-electron chi connectivity index (χ2n) is 4.98. The molecular formula is C15H12ClF2N5S. The highest BCUT2D eigenvalue weighted by molar-refractivity contribution is 7.92. The van der Waals surface area contributed by atoms with Crippen LogP contribution in [0.2, 0.25) is 5.15 Å². The van der Waals surface area contributed by atoms with Crippen LogP contribution in [0.4, 0.5) is 8.28 Å². The lowest BCUT2D eigenvalue weighted by Gasteiger charge is -2.06. The molecule has 0 aliphatic rings. The first kappa shape index (κ1) is 16.7. The Hall–Kier alpha value is -2.19. The van der Waals surface area contributed by atoms with E-state index in [0.717, 1.165) is 4.09 Å². The van der Waals surface area contributed by atoms with Gasteiger partial charge < -0.3 is 5.32 Å². The molecule has 0 radical (unpaired) electrons. The Bertz CT molecular complexity index is 941. The number of rotatable bonds is 4. The van der Waals surface area contributed by atoms with E-state index in [1.54, 1.807) is 26.2 Å². The second-order valence-corrected chi connectivity index (χ2v) is 5.85. The van der Waals surface area contributed by atoms with E-state index < -0.39 is 5.82 Å². The van der Waals surface area contributed by atoms with Gasteiger partial charge in [-0.15, -0.1) is 3.89 Å². The number of hydrogen-bond donors (Lipinski definition) is 1. The number of fused-ring (bicyclic) bond motifs is 1. The van der Waals surface area contributed by atoms with E-state index in [2.05, 4.69) is 20.4 Å². The van der Waals surface area contributed by atoms with Gasteiger partial charge in [0.25, 0.3) is 0 Å². The van der Waals surface area contributed by atoms with Gasteiger partial charge in [0, 0.05) is 30.1 Å². The molecule has 5 nitrogen and oxygen atoms in total. The Labute approximate surface area is 146 Å². The predicted octanol–water partition coefficient (Wildman–Crippen LogP) is 4.25. The summed E-state index contributed by atoms with van der Waals surface area (Å²) < 4.78 is 28.7. The number of aromatic nitrogens is 4. The van der Waals surface area contributed by atoms with E-state index in [-0.39, 0.29) is 17.5 Å². The summed E-state index contributed by atoms with van der Waals surface area (Å²) in [4.78, 5) is 7.93. The van der Waals surface area contributed by atoms with Gasteiger partial charge in [-0.25, -0.2) is 14.4 Å². The Morgan fingerprint density at radius 1 is 1.33 bits per heavy atom. The van der Waals surface area contributed by atoms with Crippen molar-refractivity contribution in [3.05, 3.63) is 47.3 Å². The number of hydrogen-bond acceptors (Lipinski definition) is 5. The monoisotopic (exact) mass is 367 g/mol. The molecule has 24 heavy (non-hydrogen) atoms. The van der Waals surface area contributed by atoms with Crippen molar-refractivity contribution in [1.82, 2.24) is 24.5 Å². The number of allylic oxidation sites excluding steroid dienone is 1. The average molecular weight is 368 g/mol. The van der Waals surface area contributed by atoms with Gasteiger partial charge in [0.05, 0.1) is 11.2 Å². The molecule has 0 spiro atoms. The number of nitrogens with one attached hydrogen (secondary N) is 1. The molecule has 0 saturated carbocycles. The summed E-state index contributed by atoms with van der Waals surface area (Å²) in [6, 6.07) is 4.40. The van der Waals surface area contributed by atoms with Crippen LogP contribution in [0, 0.1) is 5.82 Å². The molecule has 1 N–H and O–H groups in total. The summed E-state index contributed by atoms with van der Waals surface area (Å²) in [6.45, 7) is 1.77. The van der Waals surface area contributed by atoms with Crippen molar-refractivity contribution in [1.29, 1.82) is 0 Å². The number of nitrogens with zero attached hydrogens (tertiary/aromatic N) is 4. The third-order valence-electron chi connectivity index (χ3n) is 3.46. The van der Waals surface area contributed by atoms with Crippen molar-refractivity contribution in [3.8, 4) is 11.4 Å². The smallest absolute Gasteiger partial charge is 0.188 e. The minimum Gasteiger partial charge on any atom is -0.394 e. The first-order valence-corrected chi connectivity index (χ1v) is 7.94. The Morgan fingerprint density at radius 2 is 2.12 bits per heavy atom. The number of halogens is 3. The SMILES string of the molecule is CN/C=C(\C)c1cc2c(-c3cc(Cl)ncn3)n(SF)nc2cc1F. The van der Waals surface area contributed by atoms with Crippen molar-refractivity contribution >= 4 is 40.4 Å². The lowest BCUT2D eigenvalue weighted by atomic mass is 10.0. The average Bonchev–Trinajstić information content (AvgIpc) is 2.91. The summed E-state index contributed by atoms with van der Waals surface area (Å²) in [6.07, 6.45) is 2.96. The molecule has 0 saturated heterocycles. The molecular weight excluding hydrogens is 356 g/mol. The molecule has 0 aliphatic carbocycles. The summed E-state index contributed by atoms with van der Waals surface area (Å²) in [5.74, 6) is -0.438. The van der Waals surface area contributed by atoms with Crippen LogP contribution in [0.5, 0.6) is 0 Å². The Morgan fingerprint density at radius 3 is 2.79 bits per heavy atom. The van der Waals surface area contributed by atoms with Gasteiger partial charge in [0.2, 0.25) is 0 Å². The van der Waals surface area contributed by atoms with Gasteiger partial charge in [-0.3, -0.25) is 0 Å². The molecule has 1 aromatic carbocycles. The van der Waals surface area contributed by atoms with Crippen molar-refractivity contribution in [2.45, 2.75) is 6.92 Å². The molecule has 124 valence electrons. The normalized spacial score (nSPS) is 12.0. The fourth-order valence-corrected chi connectivity index (χ4v) is 2.96. The lowest BCUT2D eigenvalue weighted by Crippen LogP contribution is -1.96. The summed E-state index contributed by atoms with van der Waals surface area (Å²) in [5, 5.41) is 7.72. The summed E-state index contributed by atoms with van der Waals surface area (Å²) in [5.41, 5.74) is 2.20. The highest BCUT2D eigenvalue weighted by Gasteiger charge is 2.19. The van der Waals surface area contributed by atoms with Crippen LogP contribution in [-0.2, 0) is 0 Å². The molecule has 0 aliphatic heterocycles. The van der Waals surface area contributed by atoms with Crippen LogP contribution in [0.3, 0.4) is 0 Å². The van der Waals surface area contributed by atoms with Gasteiger partial charge >= 0.3 is 0 Å². The molecule has 2 aromatic heterocycles. The van der Waals surface area contributed by atoms with E-state index in [1.807, 2.05) is 0 Å². The quantitative estimate of drug-likeness (QED) is 0.699. The maximum Gasteiger partial charge on any atom is 0.188 e. The highest BCUT2D eigenvalue weighted by atomic mass is 35.5. The van der Waals surface area contributed by atoms with Crippen LogP contribution in [-0.4, -0.2) is 26.2 Å². The zero-order valence-electron chi connectivity index (χ0n) is 12.7. The minimum absolute atomic E-state index is 0.0951. The van der Waals surface area contributed by atoms with Gasteiger partial charge in [-0.05, 0) is 24.8 Å². The fraction of sp³-hybridized carbons (Fsp3) is 0.133. The van der Waals surface area contributed by atoms with Crippen molar-refractivity contribution in [2.24, 2.45) is 0 Å². The molecule has 0 fully saturated rings. The predicted molar refractivity (Wildman–Crippen MR) is 92.5 cm³/mol. The first-order chi connectivity index (χ1) is 11.5. The zero-order chi connectivity index (χ0) is 17.3. The molecule has 0 amide bonds. The lowest BCUT2D eigenvalue weighted by molar-refractivity contribution is 0.625. The van der Waals surface area contributed by atoms with E-state index in [4.69, 9.17) is 11.6 Å². The zero-order valence-corrected chi connectivity index (χ0v) is 14.3. The van der Waals surface area contributed by atoms with E-state index in [1.165, 1.54) is 18.5 Å². The van der Waals surface area contributed by atoms with Gasteiger partial charge in [-0.1, -0.05) is 11.6 Å². The Kier molecular flexibility index (Phi) is 4.68. The fourth-order valence-electron chi connectivity index (χ4n) is 2.43. The van der Waals surface area contributed by atoms with Crippen LogP contribution in [0.1, 0.15) is 12.5 Å². The molecule has 0 atom stereocenters. The van der Waals surface area contributed by atoms with Crippen LogP contribution in [0.25, 0.3) is 27.9 Å². The summed E-state index contributed by atoms with van der Waals surface area (Å²) in [7, 11) is 1.73. The topological polar surface area (TPSA) is 55.6 Å². The van der Waals surface area contributed by atoms with E-state index >= 15 is 0 Å². The standard InChI is InChI=1S/C15H12ClF2N5S/c1-8(6-19-2)9-3-10-12(4-11(9)17)22-23(24-18)15(10)13-5-14(16)21-7-20-13/h3-7,19H,1-2H3/b8-6+. The maximum atomic E-state index is 14.3. The molecule has 0 bridgehead atoms. The van der Waals surface area contributed by atoms with E-state index in [0.29, 0.717) is 33.4 Å². The van der Waals surface area contributed by atoms with Crippen LogP contribution >= 0.6 is 23.9 Å². The van der Waals surface area contributed by atoms with Crippen molar-refractivity contribution in [3.63, 3.8) is 0 Å². The molecule has 0 unspecified atom stereocenters. The molecule has 2 heterocycles. The van der Waals surface area contributed by atoms with Crippen LogP contribution < -0.4 is 5.32 Å². The largest absolute Gasteiger partial charge is 0.394 e. The Balaban J connectivity index is 2.31. The number of benzene rings is 1. The molecule has 3 aromatic rings. The van der Waals surface area contributed by atoms with Gasteiger partial charge in [0.1, 0.15) is 23.0 Å². The second kappa shape index (κ2) is 6.74. The molecule has 3 rings (SSSR count). The van der Waals surface area contributed by atoms with Crippen molar-refractivity contribution < 1.29 is 8.28 Å². The van der Waals surface area contributed by atoms with Gasteiger partial charge in [-0.2, -0.15) is 9.19 Å². The van der Waals surface area contributed by atoms with Gasteiger partial charge in [0.15, 0.2) is 12.3 Å². The summed E-state index contributed by atoms with van der Waals surface area (Å²) >= 11 is 5.80. The van der Waals surface area contributed by atoms with Crippen LogP contribution in [0.15, 0.2) is 30.7 Å².